The number of alkyl carbamates (subject to hydrolysis) is 1. The van der Waals surface area contributed by atoms with Gasteiger partial charge in [0.25, 0.3) is 0 Å². The molecular weight excluding hydrogens is 408 g/mol. The molecule has 1 aliphatic rings. The van der Waals surface area contributed by atoms with Gasteiger partial charge in [0.2, 0.25) is 5.91 Å². The van der Waals surface area contributed by atoms with E-state index in [4.69, 9.17) is 9.84 Å². The summed E-state index contributed by atoms with van der Waals surface area (Å²) in [5.41, 5.74) is 3.25. The Balaban J connectivity index is 1.66. The van der Waals surface area contributed by atoms with Gasteiger partial charge in [-0.3, -0.25) is 9.59 Å². The van der Waals surface area contributed by atoms with E-state index in [0.29, 0.717) is 0 Å². The van der Waals surface area contributed by atoms with Gasteiger partial charge in [0.05, 0.1) is 6.42 Å². The normalized spacial score (nSPS) is 12.8. The number of nitrogens with one attached hydrogen (secondary N) is 1. The number of carbonyl (C=O) groups is 3. The summed E-state index contributed by atoms with van der Waals surface area (Å²) in [5, 5.41) is 11.6. The van der Waals surface area contributed by atoms with Crippen molar-refractivity contribution in [3.8, 4) is 11.1 Å². The van der Waals surface area contributed by atoms with Crippen LogP contribution in [0.5, 0.6) is 0 Å². The first kappa shape index (κ1) is 23.3. The summed E-state index contributed by atoms with van der Waals surface area (Å²) < 4.78 is 5.55. The number of rotatable bonds is 8. The van der Waals surface area contributed by atoms with Gasteiger partial charge in [-0.2, -0.15) is 0 Å². The molecule has 2 N–H and O–H groups in total. The van der Waals surface area contributed by atoms with E-state index in [0.717, 1.165) is 22.3 Å². The number of carboxylic acid groups (broad SMARTS) is 1. The topological polar surface area (TPSA) is 95.9 Å². The molecule has 0 aliphatic heterocycles. The number of fused-ring (bicyclic) bond motifs is 3. The van der Waals surface area contributed by atoms with Crippen LogP contribution in [0, 0.1) is 0 Å². The van der Waals surface area contributed by atoms with E-state index in [9.17, 15) is 14.4 Å². The monoisotopic (exact) mass is 438 g/mol. The Morgan fingerprint density at radius 1 is 1.03 bits per heavy atom. The molecule has 3 rings (SSSR count). The molecule has 0 saturated heterocycles. The molecule has 32 heavy (non-hydrogen) atoms. The maximum atomic E-state index is 13.0. The lowest BCUT2D eigenvalue weighted by Crippen LogP contribution is -2.57. The van der Waals surface area contributed by atoms with Crippen LogP contribution in [-0.2, 0) is 14.3 Å². The number of carboxylic acids is 1. The molecule has 0 atom stereocenters. The molecule has 1 aliphatic carbocycles. The summed E-state index contributed by atoms with van der Waals surface area (Å²) in [6, 6.07) is 15.9. The molecule has 0 fully saturated rings. The Hall–Kier alpha value is -3.35. The first-order valence-corrected chi connectivity index (χ1v) is 10.8. The van der Waals surface area contributed by atoms with E-state index in [2.05, 4.69) is 17.4 Å². The van der Waals surface area contributed by atoms with E-state index >= 15 is 0 Å². The van der Waals surface area contributed by atoms with E-state index in [1.54, 1.807) is 13.8 Å². The zero-order valence-electron chi connectivity index (χ0n) is 18.9. The summed E-state index contributed by atoms with van der Waals surface area (Å²) in [7, 11) is 0. The lowest BCUT2D eigenvalue weighted by Gasteiger charge is -2.34. The molecular formula is C25H30N2O5. The Kier molecular flexibility index (Phi) is 6.87. The number of hydrogen-bond donors (Lipinski definition) is 2. The number of carbonyl (C=O) groups excluding carboxylic acids is 2. The van der Waals surface area contributed by atoms with Crippen LogP contribution >= 0.6 is 0 Å². The largest absolute Gasteiger partial charge is 0.481 e. The van der Waals surface area contributed by atoms with E-state index in [-0.39, 0.29) is 37.4 Å². The number of benzene rings is 2. The van der Waals surface area contributed by atoms with Crippen molar-refractivity contribution in [2.75, 3.05) is 13.2 Å². The maximum absolute atomic E-state index is 13.0. The fraction of sp³-hybridized carbons (Fsp3) is 0.400. The van der Waals surface area contributed by atoms with Crippen LogP contribution in [0.4, 0.5) is 4.79 Å². The minimum absolute atomic E-state index is 0.0711. The van der Waals surface area contributed by atoms with Crippen LogP contribution in [0.2, 0.25) is 0 Å². The third kappa shape index (κ3) is 4.93. The highest BCUT2D eigenvalue weighted by Gasteiger charge is 2.36. The number of hydrogen-bond acceptors (Lipinski definition) is 4. The molecule has 7 nitrogen and oxygen atoms in total. The SMILES string of the molecule is CC(C)N(CCC(=O)O)C(=O)C(C)(C)NC(=O)OCC1c2ccccc2-c2ccccc21. The summed E-state index contributed by atoms with van der Waals surface area (Å²) in [6.45, 7) is 7.02. The first-order valence-electron chi connectivity index (χ1n) is 10.8. The lowest BCUT2D eigenvalue weighted by atomic mass is 9.98. The number of aliphatic carboxylic acids is 1. The second-order valence-corrected chi connectivity index (χ2v) is 8.81. The van der Waals surface area contributed by atoms with Gasteiger partial charge in [0, 0.05) is 18.5 Å². The fourth-order valence-corrected chi connectivity index (χ4v) is 4.11. The van der Waals surface area contributed by atoms with Crippen molar-refractivity contribution >= 4 is 18.0 Å². The van der Waals surface area contributed by atoms with Gasteiger partial charge in [-0.1, -0.05) is 48.5 Å². The second kappa shape index (κ2) is 9.42. The predicted octanol–water partition coefficient (Wildman–Crippen LogP) is 4.02. The molecule has 0 spiro atoms. The van der Waals surface area contributed by atoms with Crippen LogP contribution in [0.15, 0.2) is 48.5 Å². The molecule has 0 heterocycles. The number of ether oxygens (including phenoxy) is 1. The third-order valence-electron chi connectivity index (χ3n) is 5.74. The Bertz CT molecular complexity index is 969. The van der Waals surface area contributed by atoms with Crippen molar-refractivity contribution in [2.24, 2.45) is 0 Å². The Morgan fingerprint density at radius 3 is 2.06 bits per heavy atom. The summed E-state index contributed by atoms with van der Waals surface area (Å²) in [4.78, 5) is 38.0. The number of nitrogens with zero attached hydrogens (tertiary/aromatic N) is 1. The predicted molar refractivity (Wildman–Crippen MR) is 121 cm³/mol. The smallest absolute Gasteiger partial charge is 0.408 e. The molecule has 0 radical (unpaired) electrons. The van der Waals surface area contributed by atoms with E-state index in [1.165, 1.54) is 4.90 Å². The molecule has 2 aromatic carbocycles. The molecule has 2 aromatic rings. The van der Waals surface area contributed by atoms with E-state index < -0.39 is 17.6 Å². The average molecular weight is 439 g/mol. The lowest BCUT2D eigenvalue weighted by molar-refractivity contribution is -0.141. The molecule has 0 aromatic heterocycles. The van der Waals surface area contributed by atoms with Crippen molar-refractivity contribution in [2.45, 2.75) is 51.6 Å². The highest BCUT2D eigenvalue weighted by molar-refractivity contribution is 5.89. The Labute approximate surface area is 188 Å². The van der Waals surface area contributed by atoms with Crippen molar-refractivity contribution in [3.05, 3.63) is 59.7 Å². The van der Waals surface area contributed by atoms with Crippen molar-refractivity contribution in [1.29, 1.82) is 0 Å². The highest BCUT2D eigenvalue weighted by Crippen LogP contribution is 2.44. The summed E-state index contributed by atoms with van der Waals surface area (Å²) >= 11 is 0. The van der Waals surface area contributed by atoms with Crippen LogP contribution in [0.25, 0.3) is 11.1 Å². The van der Waals surface area contributed by atoms with Gasteiger partial charge in [-0.15, -0.1) is 0 Å². The molecule has 2 amide bonds. The maximum Gasteiger partial charge on any atom is 0.408 e. The Morgan fingerprint density at radius 2 is 1.56 bits per heavy atom. The fourth-order valence-electron chi connectivity index (χ4n) is 4.11. The van der Waals surface area contributed by atoms with Crippen molar-refractivity contribution in [3.63, 3.8) is 0 Å². The second-order valence-electron chi connectivity index (χ2n) is 8.81. The van der Waals surface area contributed by atoms with Crippen molar-refractivity contribution < 1.29 is 24.2 Å². The number of amides is 2. The van der Waals surface area contributed by atoms with Gasteiger partial charge in [-0.25, -0.2) is 4.79 Å². The molecule has 0 bridgehead atoms. The summed E-state index contributed by atoms with van der Waals surface area (Å²) in [6.07, 6.45) is -0.850. The standard InChI is InChI=1S/C25H30N2O5/c1-16(2)27(14-13-22(28)29)23(30)25(3,4)26-24(31)32-15-21-19-11-7-5-9-17(19)18-10-6-8-12-20(18)21/h5-12,16,21H,13-15H2,1-4H3,(H,26,31)(H,28,29). The highest BCUT2D eigenvalue weighted by atomic mass is 16.5. The van der Waals surface area contributed by atoms with Gasteiger partial charge in [-0.05, 0) is 49.9 Å². The third-order valence-corrected chi connectivity index (χ3v) is 5.74. The quantitative estimate of drug-likeness (QED) is 0.649. The van der Waals surface area contributed by atoms with Crippen molar-refractivity contribution in [1.82, 2.24) is 10.2 Å². The van der Waals surface area contributed by atoms with E-state index in [1.807, 2.05) is 50.2 Å². The van der Waals surface area contributed by atoms with Gasteiger partial charge in [0.15, 0.2) is 0 Å². The first-order chi connectivity index (χ1) is 15.1. The molecule has 0 saturated carbocycles. The van der Waals surface area contributed by atoms with Gasteiger partial charge in [0.1, 0.15) is 12.1 Å². The van der Waals surface area contributed by atoms with Crippen LogP contribution < -0.4 is 5.32 Å². The molecule has 7 heteroatoms. The average Bonchev–Trinajstić information content (AvgIpc) is 3.05. The molecule has 170 valence electrons. The van der Waals surface area contributed by atoms with Gasteiger partial charge < -0.3 is 20.1 Å². The van der Waals surface area contributed by atoms with Gasteiger partial charge >= 0.3 is 12.1 Å². The molecule has 0 unspecified atom stereocenters. The van der Waals surface area contributed by atoms with Crippen LogP contribution in [0.3, 0.4) is 0 Å². The van der Waals surface area contributed by atoms with Crippen LogP contribution in [-0.4, -0.2) is 52.7 Å². The minimum Gasteiger partial charge on any atom is -0.481 e. The zero-order chi connectivity index (χ0) is 23.5. The zero-order valence-corrected chi connectivity index (χ0v) is 18.9. The van der Waals surface area contributed by atoms with Crippen LogP contribution in [0.1, 0.15) is 51.2 Å². The summed E-state index contributed by atoms with van der Waals surface area (Å²) in [5.74, 6) is -1.41. The minimum atomic E-state index is -1.24.